The number of unbranched alkanes of at least 4 members (excludes halogenated alkanes) is 1. The van der Waals surface area contributed by atoms with E-state index in [2.05, 4.69) is 62.6 Å². The number of aromatic amines is 1. The van der Waals surface area contributed by atoms with Gasteiger partial charge >= 0.3 is 0 Å². The molecule has 0 amide bonds. The third kappa shape index (κ3) is 6.16. The van der Waals surface area contributed by atoms with Crippen molar-refractivity contribution in [2.45, 2.75) is 52.9 Å². The van der Waals surface area contributed by atoms with Crippen LogP contribution >= 0.6 is 0 Å². The number of imidazole rings is 1. The molecule has 0 spiro atoms. The Labute approximate surface area is 234 Å². The summed E-state index contributed by atoms with van der Waals surface area (Å²) in [5.41, 5.74) is 6.90. The van der Waals surface area contributed by atoms with Crippen LogP contribution in [0.4, 0.5) is 0 Å². The summed E-state index contributed by atoms with van der Waals surface area (Å²) in [5, 5.41) is 14.6. The topological polar surface area (TPSA) is 104 Å². The van der Waals surface area contributed by atoms with Gasteiger partial charge in [0.25, 0.3) is 0 Å². The highest BCUT2D eigenvalue weighted by atomic mass is 16.7. The fourth-order valence-electron chi connectivity index (χ4n) is 4.84. The van der Waals surface area contributed by atoms with E-state index in [1.54, 1.807) is 0 Å². The minimum Gasteiger partial charge on any atom is -0.347 e. The Hall–Kier alpha value is -4.21. The molecule has 3 heterocycles. The number of ether oxygens (including phenoxy) is 2. The number of aryl methyl sites for hydroxylation is 1. The zero-order valence-corrected chi connectivity index (χ0v) is 23.2. The summed E-state index contributed by atoms with van der Waals surface area (Å²) in [5.74, 6) is 1.66. The van der Waals surface area contributed by atoms with Crippen LogP contribution in [0.1, 0.15) is 57.0 Å². The lowest BCUT2D eigenvalue weighted by Crippen LogP contribution is -2.09. The Kier molecular flexibility index (Phi) is 9.05. The number of tetrazole rings is 1. The van der Waals surface area contributed by atoms with Crippen molar-refractivity contribution in [2.24, 2.45) is 0 Å². The van der Waals surface area contributed by atoms with E-state index >= 15 is 0 Å². The predicted octanol–water partition coefficient (Wildman–Crippen LogP) is 6.25. The van der Waals surface area contributed by atoms with E-state index in [-0.39, 0.29) is 0 Å². The first-order valence-electron chi connectivity index (χ1n) is 13.9. The van der Waals surface area contributed by atoms with E-state index in [9.17, 15) is 0 Å². The maximum Gasteiger partial charge on any atom is 0.202 e. The summed E-state index contributed by atoms with van der Waals surface area (Å²) >= 11 is 0. The Balaban J connectivity index is 1.56. The number of H-pyrrole nitrogens is 1. The van der Waals surface area contributed by atoms with Crippen LogP contribution in [-0.2, 0) is 22.4 Å². The van der Waals surface area contributed by atoms with E-state index in [4.69, 9.17) is 19.4 Å². The van der Waals surface area contributed by atoms with Crippen molar-refractivity contribution in [2.75, 3.05) is 13.2 Å². The fourth-order valence-corrected chi connectivity index (χ4v) is 4.84. The quantitative estimate of drug-likeness (QED) is 0.177. The van der Waals surface area contributed by atoms with Crippen molar-refractivity contribution in [3.05, 3.63) is 90.1 Å². The molecule has 5 aromatic rings. The molecule has 0 unspecified atom stereocenters. The predicted molar refractivity (Wildman–Crippen MR) is 154 cm³/mol. The molecule has 0 aliphatic heterocycles. The number of rotatable bonds is 13. The molecular weight excluding hydrogens is 502 g/mol. The molecule has 206 valence electrons. The molecule has 0 bridgehead atoms. The molecule has 2 aromatic carbocycles. The summed E-state index contributed by atoms with van der Waals surface area (Å²) in [6.45, 7) is 7.93. The average Bonchev–Trinajstić information content (AvgIpc) is 3.67. The monoisotopic (exact) mass is 537 g/mol. The van der Waals surface area contributed by atoms with Crippen LogP contribution in [-0.4, -0.2) is 48.4 Å². The maximum absolute atomic E-state index is 5.85. The maximum atomic E-state index is 5.85. The van der Waals surface area contributed by atoms with Crippen LogP contribution in [0.2, 0.25) is 0 Å². The second-order valence-corrected chi connectivity index (χ2v) is 9.45. The number of nitrogens with one attached hydrogen (secondary N) is 1. The molecule has 0 radical (unpaired) electrons. The number of pyridine rings is 1. The van der Waals surface area contributed by atoms with Gasteiger partial charge in [0.2, 0.25) is 6.29 Å². The molecule has 0 saturated carbocycles. The molecule has 9 nitrogen and oxygen atoms in total. The third-order valence-corrected chi connectivity index (χ3v) is 6.70. The minimum atomic E-state index is -0.467. The molecule has 9 heteroatoms. The van der Waals surface area contributed by atoms with Gasteiger partial charge in [0.15, 0.2) is 5.82 Å². The van der Waals surface area contributed by atoms with Gasteiger partial charge in [0.05, 0.1) is 5.69 Å². The van der Waals surface area contributed by atoms with Gasteiger partial charge in [-0.05, 0) is 65.6 Å². The van der Waals surface area contributed by atoms with Gasteiger partial charge in [-0.15, -0.1) is 5.10 Å². The summed E-state index contributed by atoms with van der Waals surface area (Å²) in [7, 11) is 0. The lowest BCUT2D eigenvalue weighted by atomic mass is 9.92. The molecule has 0 atom stereocenters. The molecule has 40 heavy (non-hydrogen) atoms. The standard InChI is InChI=1S/C31H35N7O2/c1-4-7-15-29-33-28(31(39-5-2)40-6-3)21-38(29)20-22-16-17-24(26(19-22)27-14-10-11-18-32-27)23-12-8-9-13-25(23)30-34-36-37-35-30/h8-14,16-19,21,31H,4-7,15,20H2,1-3H3,(H,34,35,36,37). The number of aromatic nitrogens is 7. The van der Waals surface area contributed by atoms with Crippen molar-refractivity contribution in [3.63, 3.8) is 0 Å². The smallest absolute Gasteiger partial charge is 0.202 e. The normalized spacial score (nSPS) is 11.4. The van der Waals surface area contributed by atoms with E-state index < -0.39 is 6.29 Å². The van der Waals surface area contributed by atoms with Crippen LogP contribution in [0.3, 0.4) is 0 Å². The van der Waals surface area contributed by atoms with Crippen molar-refractivity contribution >= 4 is 0 Å². The lowest BCUT2D eigenvalue weighted by Gasteiger charge is -2.15. The average molecular weight is 538 g/mol. The van der Waals surface area contributed by atoms with Crippen LogP contribution in [0, 0.1) is 0 Å². The SMILES string of the molecule is CCCCc1nc(C(OCC)OCC)cn1Cc1ccc(-c2ccccc2-c2nnn[nH]2)c(-c2ccccn2)c1. The highest BCUT2D eigenvalue weighted by Gasteiger charge is 2.19. The third-order valence-electron chi connectivity index (χ3n) is 6.70. The Bertz CT molecular complexity index is 1490. The molecule has 0 aliphatic rings. The van der Waals surface area contributed by atoms with E-state index in [1.807, 2.05) is 56.4 Å². The van der Waals surface area contributed by atoms with Crippen LogP contribution in [0.15, 0.2) is 73.1 Å². The zero-order valence-electron chi connectivity index (χ0n) is 23.2. The van der Waals surface area contributed by atoms with Crippen molar-refractivity contribution in [1.82, 2.24) is 35.2 Å². The molecule has 0 aliphatic carbocycles. The first-order chi connectivity index (χ1) is 19.7. The van der Waals surface area contributed by atoms with Gasteiger partial charge in [-0.3, -0.25) is 4.98 Å². The lowest BCUT2D eigenvalue weighted by molar-refractivity contribution is -0.142. The Morgan fingerprint density at radius 1 is 0.875 bits per heavy atom. The first-order valence-corrected chi connectivity index (χ1v) is 13.9. The highest BCUT2D eigenvalue weighted by Crippen LogP contribution is 2.37. The van der Waals surface area contributed by atoms with Crippen LogP contribution in [0.25, 0.3) is 33.8 Å². The van der Waals surface area contributed by atoms with E-state index in [0.717, 1.165) is 64.3 Å². The van der Waals surface area contributed by atoms with E-state index in [1.165, 1.54) is 0 Å². The summed E-state index contributed by atoms with van der Waals surface area (Å²) in [6.07, 6.45) is 6.49. The molecule has 3 aromatic heterocycles. The van der Waals surface area contributed by atoms with Crippen molar-refractivity contribution < 1.29 is 9.47 Å². The fraction of sp³-hybridized carbons (Fsp3) is 0.323. The first kappa shape index (κ1) is 27.4. The second kappa shape index (κ2) is 13.2. The molecule has 0 saturated heterocycles. The molecule has 1 N–H and O–H groups in total. The minimum absolute atomic E-state index is 0.467. The Morgan fingerprint density at radius 3 is 2.35 bits per heavy atom. The van der Waals surface area contributed by atoms with Gasteiger partial charge in [-0.1, -0.05) is 55.8 Å². The van der Waals surface area contributed by atoms with Gasteiger partial charge in [0.1, 0.15) is 11.5 Å². The Morgan fingerprint density at radius 2 is 1.65 bits per heavy atom. The zero-order chi connectivity index (χ0) is 27.7. The van der Waals surface area contributed by atoms with Crippen LogP contribution < -0.4 is 0 Å². The van der Waals surface area contributed by atoms with Gasteiger partial charge in [0, 0.05) is 49.7 Å². The van der Waals surface area contributed by atoms with Crippen LogP contribution in [0.5, 0.6) is 0 Å². The van der Waals surface area contributed by atoms with Gasteiger partial charge < -0.3 is 14.0 Å². The number of hydrogen-bond donors (Lipinski definition) is 1. The molecule has 0 fully saturated rings. The largest absolute Gasteiger partial charge is 0.347 e. The van der Waals surface area contributed by atoms with E-state index in [0.29, 0.717) is 25.6 Å². The molecule has 5 rings (SSSR count). The number of benzene rings is 2. The van der Waals surface area contributed by atoms with Gasteiger partial charge in [-0.2, -0.15) is 0 Å². The number of hydrogen-bond acceptors (Lipinski definition) is 7. The summed E-state index contributed by atoms with van der Waals surface area (Å²) in [6, 6.07) is 20.7. The second-order valence-electron chi connectivity index (χ2n) is 9.45. The van der Waals surface area contributed by atoms with Gasteiger partial charge in [-0.25, -0.2) is 10.1 Å². The molecular formula is C31H35N7O2. The highest BCUT2D eigenvalue weighted by molar-refractivity contribution is 5.89. The van der Waals surface area contributed by atoms with Crippen molar-refractivity contribution in [3.8, 4) is 33.8 Å². The number of nitrogens with zero attached hydrogens (tertiary/aromatic N) is 6. The van der Waals surface area contributed by atoms with Crippen molar-refractivity contribution in [1.29, 1.82) is 0 Å². The summed E-state index contributed by atoms with van der Waals surface area (Å²) < 4.78 is 13.9. The summed E-state index contributed by atoms with van der Waals surface area (Å²) in [4.78, 5) is 9.65.